The van der Waals surface area contributed by atoms with Gasteiger partial charge in [0.15, 0.2) is 0 Å². The molecule has 1 aliphatic heterocycles. The first-order valence-corrected chi connectivity index (χ1v) is 7.33. The summed E-state index contributed by atoms with van der Waals surface area (Å²) < 4.78 is 24.6. The maximum atomic E-state index is 13.2. The van der Waals surface area contributed by atoms with Crippen molar-refractivity contribution in [2.24, 2.45) is 0 Å². The third kappa shape index (κ3) is 3.45. The van der Waals surface area contributed by atoms with Crippen molar-refractivity contribution >= 4 is 0 Å². The highest BCUT2D eigenvalue weighted by molar-refractivity contribution is 5.22. The van der Waals surface area contributed by atoms with E-state index in [4.69, 9.17) is 9.47 Å². The summed E-state index contributed by atoms with van der Waals surface area (Å²) in [7, 11) is 1.70. The SMILES string of the molecule is COC1(COc2cccc(F)c2)CCN(Cc2ccn[nH]2)C1. The molecule has 5 nitrogen and oxygen atoms in total. The number of benzene rings is 1. The Morgan fingerprint density at radius 1 is 1.41 bits per heavy atom. The number of halogens is 1. The number of rotatable bonds is 6. The van der Waals surface area contributed by atoms with E-state index in [-0.39, 0.29) is 11.4 Å². The molecule has 1 fully saturated rings. The molecule has 0 spiro atoms. The lowest BCUT2D eigenvalue weighted by Gasteiger charge is -2.28. The van der Waals surface area contributed by atoms with Crippen LogP contribution in [-0.4, -0.2) is 47.5 Å². The Bertz CT molecular complexity index is 605. The molecular weight excluding hydrogens is 285 g/mol. The van der Waals surface area contributed by atoms with Crippen molar-refractivity contribution < 1.29 is 13.9 Å². The zero-order valence-electron chi connectivity index (χ0n) is 12.6. The number of ether oxygens (including phenoxy) is 2. The largest absolute Gasteiger partial charge is 0.490 e. The summed E-state index contributed by atoms with van der Waals surface area (Å²) in [4.78, 5) is 2.30. The van der Waals surface area contributed by atoms with E-state index in [1.165, 1.54) is 12.1 Å². The van der Waals surface area contributed by atoms with Crippen LogP contribution in [0.2, 0.25) is 0 Å². The average molecular weight is 305 g/mol. The molecule has 1 aromatic carbocycles. The van der Waals surface area contributed by atoms with Crippen LogP contribution in [0.5, 0.6) is 5.75 Å². The van der Waals surface area contributed by atoms with E-state index in [1.54, 1.807) is 25.4 Å². The van der Waals surface area contributed by atoms with Gasteiger partial charge in [0.1, 0.15) is 23.8 Å². The van der Waals surface area contributed by atoms with Crippen molar-refractivity contribution in [1.29, 1.82) is 0 Å². The van der Waals surface area contributed by atoms with Gasteiger partial charge in [0.25, 0.3) is 0 Å². The molecule has 1 N–H and O–H groups in total. The number of nitrogens with one attached hydrogen (secondary N) is 1. The van der Waals surface area contributed by atoms with Gasteiger partial charge >= 0.3 is 0 Å². The lowest BCUT2D eigenvalue weighted by Crippen LogP contribution is -2.41. The van der Waals surface area contributed by atoms with Gasteiger partial charge in [0.2, 0.25) is 0 Å². The van der Waals surface area contributed by atoms with Crippen LogP contribution >= 0.6 is 0 Å². The topological polar surface area (TPSA) is 50.4 Å². The minimum absolute atomic E-state index is 0.295. The summed E-state index contributed by atoms with van der Waals surface area (Å²) in [6.45, 7) is 2.93. The number of aromatic amines is 1. The summed E-state index contributed by atoms with van der Waals surface area (Å²) >= 11 is 0. The zero-order chi connectivity index (χ0) is 15.4. The molecule has 1 aromatic heterocycles. The van der Waals surface area contributed by atoms with Crippen molar-refractivity contribution in [2.45, 2.75) is 18.6 Å². The van der Waals surface area contributed by atoms with E-state index in [2.05, 4.69) is 15.1 Å². The Balaban J connectivity index is 1.58. The van der Waals surface area contributed by atoms with Gasteiger partial charge in [-0.3, -0.25) is 10.00 Å². The molecule has 1 atom stereocenters. The number of H-pyrrole nitrogens is 1. The fraction of sp³-hybridized carbons (Fsp3) is 0.438. The molecule has 2 heterocycles. The van der Waals surface area contributed by atoms with Gasteiger partial charge in [0.05, 0.1) is 0 Å². The maximum absolute atomic E-state index is 13.2. The molecule has 1 aliphatic rings. The molecule has 1 saturated heterocycles. The van der Waals surface area contributed by atoms with Crippen LogP contribution in [0.15, 0.2) is 36.5 Å². The number of likely N-dealkylation sites (tertiary alicyclic amines) is 1. The number of aromatic nitrogens is 2. The van der Waals surface area contributed by atoms with Gasteiger partial charge in [-0.05, 0) is 24.6 Å². The van der Waals surface area contributed by atoms with Gasteiger partial charge in [0, 0.05) is 44.7 Å². The fourth-order valence-electron chi connectivity index (χ4n) is 2.79. The van der Waals surface area contributed by atoms with Crippen LogP contribution in [-0.2, 0) is 11.3 Å². The highest BCUT2D eigenvalue weighted by atomic mass is 19.1. The highest BCUT2D eigenvalue weighted by Crippen LogP contribution is 2.27. The maximum Gasteiger partial charge on any atom is 0.126 e. The Labute approximate surface area is 129 Å². The molecule has 1 unspecified atom stereocenters. The second-order valence-corrected chi connectivity index (χ2v) is 5.68. The van der Waals surface area contributed by atoms with Crippen molar-refractivity contribution in [3.8, 4) is 5.75 Å². The Morgan fingerprint density at radius 2 is 2.32 bits per heavy atom. The molecule has 6 heteroatoms. The van der Waals surface area contributed by atoms with Crippen molar-refractivity contribution in [2.75, 3.05) is 26.8 Å². The monoisotopic (exact) mass is 305 g/mol. The summed E-state index contributed by atoms with van der Waals surface area (Å²) in [5.41, 5.74) is 0.727. The molecule has 2 aromatic rings. The van der Waals surface area contributed by atoms with E-state index in [1.807, 2.05) is 6.07 Å². The van der Waals surface area contributed by atoms with Crippen LogP contribution in [0.4, 0.5) is 4.39 Å². The summed E-state index contributed by atoms with van der Waals surface area (Å²) in [6, 6.07) is 8.16. The molecule has 0 amide bonds. The van der Waals surface area contributed by atoms with E-state index >= 15 is 0 Å². The van der Waals surface area contributed by atoms with E-state index < -0.39 is 0 Å². The Kier molecular flexibility index (Phi) is 4.40. The first-order chi connectivity index (χ1) is 10.7. The van der Waals surface area contributed by atoms with Crippen molar-refractivity contribution in [3.63, 3.8) is 0 Å². The van der Waals surface area contributed by atoms with Gasteiger partial charge < -0.3 is 9.47 Å². The number of nitrogens with zero attached hydrogens (tertiary/aromatic N) is 2. The summed E-state index contributed by atoms with van der Waals surface area (Å²) in [5.74, 6) is 0.236. The Hall–Kier alpha value is -1.92. The van der Waals surface area contributed by atoms with Crippen LogP contribution < -0.4 is 4.74 Å². The van der Waals surface area contributed by atoms with Crippen molar-refractivity contribution in [3.05, 3.63) is 48.0 Å². The second kappa shape index (κ2) is 6.46. The van der Waals surface area contributed by atoms with Crippen molar-refractivity contribution in [1.82, 2.24) is 15.1 Å². The quantitative estimate of drug-likeness (QED) is 0.889. The molecule has 0 radical (unpaired) electrons. The predicted molar refractivity (Wildman–Crippen MR) is 80.1 cm³/mol. The Morgan fingerprint density at radius 3 is 3.05 bits per heavy atom. The van der Waals surface area contributed by atoms with Gasteiger partial charge in [-0.15, -0.1) is 0 Å². The minimum atomic E-state index is -0.355. The second-order valence-electron chi connectivity index (χ2n) is 5.68. The number of methoxy groups -OCH3 is 1. The average Bonchev–Trinajstić information content (AvgIpc) is 3.16. The highest BCUT2D eigenvalue weighted by Gasteiger charge is 2.39. The smallest absolute Gasteiger partial charge is 0.126 e. The number of hydrogen-bond acceptors (Lipinski definition) is 4. The summed E-state index contributed by atoms with van der Waals surface area (Å²) in [5, 5.41) is 6.93. The molecule has 118 valence electrons. The third-order valence-corrected chi connectivity index (χ3v) is 4.08. The van der Waals surface area contributed by atoms with Crippen LogP contribution in [0.25, 0.3) is 0 Å². The third-order valence-electron chi connectivity index (χ3n) is 4.08. The minimum Gasteiger partial charge on any atom is -0.490 e. The normalized spacial score (nSPS) is 22.1. The van der Waals surface area contributed by atoms with Crippen LogP contribution in [0, 0.1) is 5.82 Å². The molecule has 22 heavy (non-hydrogen) atoms. The van der Waals surface area contributed by atoms with E-state index in [0.717, 1.165) is 31.7 Å². The van der Waals surface area contributed by atoms with E-state index in [0.29, 0.717) is 12.4 Å². The zero-order valence-corrected chi connectivity index (χ0v) is 12.6. The van der Waals surface area contributed by atoms with Gasteiger partial charge in [-0.2, -0.15) is 5.10 Å². The standard InChI is InChI=1S/C16H20FN3O2/c1-21-16(12-22-15-4-2-3-13(17)9-15)6-8-20(11-16)10-14-5-7-18-19-14/h2-5,7,9H,6,8,10-12H2,1H3,(H,18,19). The lowest BCUT2D eigenvalue weighted by molar-refractivity contribution is -0.0360. The van der Waals surface area contributed by atoms with Crippen LogP contribution in [0.3, 0.4) is 0 Å². The molecular formula is C16H20FN3O2. The van der Waals surface area contributed by atoms with Gasteiger partial charge in [-0.1, -0.05) is 6.07 Å². The first kappa shape index (κ1) is 15.0. The van der Waals surface area contributed by atoms with Gasteiger partial charge in [-0.25, -0.2) is 4.39 Å². The molecule has 0 aliphatic carbocycles. The molecule has 3 rings (SSSR count). The molecule has 0 bridgehead atoms. The summed E-state index contributed by atoms with van der Waals surface area (Å²) in [6.07, 6.45) is 2.63. The van der Waals surface area contributed by atoms with Crippen LogP contribution in [0.1, 0.15) is 12.1 Å². The number of hydrogen-bond donors (Lipinski definition) is 1. The molecule has 0 saturated carbocycles. The first-order valence-electron chi connectivity index (χ1n) is 7.33. The van der Waals surface area contributed by atoms with E-state index in [9.17, 15) is 4.39 Å². The lowest BCUT2D eigenvalue weighted by atomic mass is 10.0. The fourth-order valence-corrected chi connectivity index (χ4v) is 2.79. The predicted octanol–water partition coefficient (Wildman–Crippen LogP) is 2.22.